The van der Waals surface area contributed by atoms with Gasteiger partial charge in [0.05, 0.1) is 11.0 Å². The fourth-order valence-corrected chi connectivity index (χ4v) is 3.07. The van der Waals surface area contributed by atoms with Gasteiger partial charge in [-0.15, -0.1) is 0 Å². The minimum atomic E-state index is -4.36. The number of benzene rings is 1. The highest BCUT2D eigenvalue weighted by atomic mass is 19.4. The minimum absolute atomic E-state index is 0.00999. The molecule has 0 bridgehead atoms. The Labute approximate surface area is 142 Å². The number of carbonyl (C=O) groups is 1. The van der Waals surface area contributed by atoms with E-state index in [9.17, 15) is 18.0 Å². The third kappa shape index (κ3) is 3.38. The monoisotopic (exact) mass is 353 g/mol. The standard InChI is InChI=1S/C17H18F3N3O2/c1-2-21-13(24)10-14-22-15(23-25-14)16(8-3-9-16)11-4-6-12(7-5-11)17(18,19)20/h4-7H,2-3,8-10H2,1H3,(H,21,24). The van der Waals surface area contributed by atoms with Gasteiger partial charge in [0, 0.05) is 6.54 Å². The number of halogens is 3. The van der Waals surface area contributed by atoms with Crippen LogP contribution in [-0.2, 0) is 22.8 Å². The van der Waals surface area contributed by atoms with Gasteiger partial charge in [-0.1, -0.05) is 23.7 Å². The summed E-state index contributed by atoms with van der Waals surface area (Å²) in [6.45, 7) is 2.32. The van der Waals surface area contributed by atoms with E-state index in [1.165, 1.54) is 12.1 Å². The molecule has 1 N–H and O–H groups in total. The first kappa shape index (κ1) is 17.4. The predicted molar refractivity (Wildman–Crippen MR) is 82.8 cm³/mol. The number of likely N-dealkylation sites (N-methyl/N-ethyl adjacent to an activating group) is 1. The maximum absolute atomic E-state index is 12.7. The van der Waals surface area contributed by atoms with Crippen LogP contribution in [0.15, 0.2) is 28.8 Å². The molecule has 1 aromatic heterocycles. The summed E-state index contributed by atoms with van der Waals surface area (Å²) in [5.41, 5.74) is -0.486. The Kier molecular flexibility index (Phi) is 4.53. The fraction of sp³-hybridized carbons (Fsp3) is 0.471. The molecule has 134 valence electrons. The number of nitrogens with one attached hydrogen (secondary N) is 1. The van der Waals surface area contributed by atoms with Gasteiger partial charge in [0.25, 0.3) is 0 Å². The van der Waals surface area contributed by atoms with Crippen LogP contribution in [0.2, 0.25) is 0 Å². The van der Waals surface area contributed by atoms with Gasteiger partial charge in [-0.2, -0.15) is 18.2 Å². The van der Waals surface area contributed by atoms with Crippen LogP contribution < -0.4 is 5.32 Å². The predicted octanol–water partition coefficient (Wildman–Crippen LogP) is 3.24. The molecular weight excluding hydrogens is 335 g/mol. The number of alkyl halides is 3. The molecule has 1 heterocycles. The van der Waals surface area contributed by atoms with Gasteiger partial charge in [-0.25, -0.2) is 0 Å². The van der Waals surface area contributed by atoms with Crippen molar-refractivity contribution in [2.45, 2.75) is 44.2 Å². The van der Waals surface area contributed by atoms with E-state index in [0.717, 1.165) is 37.0 Å². The first-order chi connectivity index (χ1) is 11.8. The second-order valence-electron chi connectivity index (χ2n) is 6.15. The van der Waals surface area contributed by atoms with Gasteiger partial charge in [-0.05, 0) is 37.5 Å². The van der Waals surface area contributed by atoms with Gasteiger partial charge in [0.15, 0.2) is 5.82 Å². The Hall–Kier alpha value is -2.38. The molecule has 0 aliphatic heterocycles. The summed E-state index contributed by atoms with van der Waals surface area (Å²) in [5.74, 6) is 0.423. The van der Waals surface area contributed by atoms with E-state index >= 15 is 0 Å². The van der Waals surface area contributed by atoms with E-state index in [2.05, 4.69) is 15.5 Å². The number of carbonyl (C=O) groups excluding carboxylic acids is 1. The fourth-order valence-electron chi connectivity index (χ4n) is 3.07. The Balaban J connectivity index is 1.84. The lowest BCUT2D eigenvalue weighted by Gasteiger charge is -2.39. The lowest BCUT2D eigenvalue weighted by molar-refractivity contribution is -0.137. The van der Waals surface area contributed by atoms with Gasteiger partial charge >= 0.3 is 6.18 Å². The van der Waals surface area contributed by atoms with Crippen molar-refractivity contribution in [1.82, 2.24) is 15.5 Å². The smallest absolute Gasteiger partial charge is 0.356 e. The van der Waals surface area contributed by atoms with Crippen LogP contribution in [-0.4, -0.2) is 22.6 Å². The molecule has 0 saturated heterocycles. The van der Waals surface area contributed by atoms with Crippen molar-refractivity contribution >= 4 is 5.91 Å². The molecule has 1 fully saturated rings. The van der Waals surface area contributed by atoms with Crippen molar-refractivity contribution in [3.8, 4) is 0 Å². The summed E-state index contributed by atoms with van der Waals surface area (Å²) in [4.78, 5) is 15.9. The maximum Gasteiger partial charge on any atom is 0.416 e. The van der Waals surface area contributed by atoms with Crippen molar-refractivity contribution in [2.24, 2.45) is 0 Å². The van der Waals surface area contributed by atoms with Gasteiger partial charge < -0.3 is 9.84 Å². The number of rotatable bonds is 5. The summed E-state index contributed by atoms with van der Waals surface area (Å²) in [5, 5.41) is 6.63. The van der Waals surface area contributed by atoms with Crippen molar-refractivity contribution in [1.29, 1.82) is 0 Å². The van der Waals surface area contributed by atoms with Crippen LogP contribution in [0.3, 0.4) is 0 Å². The molecule has 8 heteroatoms. The second kappa shape index (κ2) is 6.50. The van der Waals surface area contributed by atoms with Crippen molar-refractivity contribution < 1.29 is 22.5 Å². The Morgan fingerprint density at radius 1 is 1.28 bits per heavy atom. The summed E-state index contributed by atoms with van der Waals surface area (Å²) in [6.07, 6.45) is -1.97. The molecule has 1 amide bonds. The summed E-state index contributed by atoms with van der Waals surface area (Å²) < 4.78 is 43.4. The number of nitrogens with zero attached hydrogens (tertiary/aromatic N) is 2. The number of hydrogen-bond donors (Lipinski definition) is 1. The molecule has 3 rings (SSSR count). The Morgan fingerprint density at radius 3 is 2.48 bits per heavy atom. The first-order valence-electron chi connectivity index (χ1n) is 8.12. The van der Waals surface area contributed by atoms with Gasteiger partial charge in [0.2, 0.25) is 11.8 Å². The van der Waals surface area contributed by atoms with E-state index in [4.69, 9.17) is 4.52 Å². The molecule has 1 aromatic carbocycles. The quantitative estimate of drug-likeness (QED) is 0.896. The van der Waals surface area contributed by atoms with E-state index in [1.54, 1.807) is 0 Å². The van der Waals surface area contributed by atoms with E-state index in [1.807, 2.05) is 6.92 Å². The van der Waals surface area contributed by atoms with Crippen LogP contribution in [0.1, 0.15) is 49.0 Å². The average Bonchev–Trinajstić information content (AvgIpc) is 2.94. The molecule has 0 spiro atoms. The highest BCUT2D eigenvalue weighted by molar-refractivity contribution is 5.77. The molecule has 5 nitrogen and oxygen atoms in total. The number of hydrogen-bond acceptors (Lipinski definition) is 4. The molecule has 0 unspecified atom stereocenters. The van der Waals surface area contributed by atoms with E-state index in [-0.39, 0.29) is 18.2 Å². The summed E-state index contributed by atoms with van der Waals surface area (Å²) in [6, 6.07) is 5.10. The van der Waals surface area contributed by atoms with Gasteiger partial charge in [-0.3, -0.25) is 4.79 Å². The molecule has 25 heavy (non-hydrogen) atoms. The highest BCUT2D eigenvalue weighted by Crippen LogP contribution is 2.48. The third-order valence-corrected chi connectivity index (χ3v) is 4.55. The minimum Gasteiger partial charge on any atom is -0.356 e. The zero-order chi connectivity index (χ0) is 18.1. The SMILES string of the molecule is CCNC(=O)Cc1nc(C2(c3ccc(C(F)(F)F)cc3)CCC2)no1. The average molecular weight is 353 g/mol. The van der Waals surface area contributed by atoms with Crippen LogP contribution in [0, 0.1) is 0 Å². The van der Waals surface area contributed by atoms with Crippen molar-refractivity contribution in [2.75, 3.05) is 6.54 Å². The normalized spacial score (nSPS) is 16.3. The lowest BCUT2D eigenvalue weighted by Crippen LogP contribution is -2.36. The Morgan fingerprint density at radius 2 is 1.96 bits per heavy atom. The molecule has 2 aromatic rings. The van der Waals surface area contributed by atoms with E-state index < -0.39 is 17.2 Å². The van der Waals surface area contributed by atoms with Crippen LogP contribution in [0.5, 0.6) is 0 Å². The Bertz CT molecular complexity index is 749. The molecule has 1 aliphatic carbocycles. The second-order valence-corrected chi connectivity index (χ2v) is 6.15. The zero-order valence-corrected chi connectivity index (χ0v) is 13.7. The molecule has 1 saturated carbocycles. The molecule has 0 radical (unpaired) electrons. The molecule has 1 aliphatic rings. The number of aromatic nitrogens is 2. The number of amides is 1. The lowest BCUT2D eigenvalue weighted by atomic mass is 9.64. The van der Waals surface area contributed by atoms with Crippen LogP contribution in [0.25, 0.3) is 0 Å². The zero-order valence-electron chi connectivity index (χ0n) is 13.7. The van der Waals surface area contributed by atoms with Crippen LogP contribution in [0.4, 0.5) is 13.2 Å². The topological polar surface area (TPSA) is 68.0 Å². The van der Waals surface area contributed by atoms with Crippen molar-refractivity contribution in [3.05, 3.63) is 47.1 Å². The summed E-state index contributed by atoms with van der Waals surface area (Å²) in [7, 11) is 0. The molecular formula is C17H18F3N3O2. The van der Waals surface area contributed by atoms with Crippen LogP contribution >= 0.6 is 0 Å². The molecule has 0 atom stereocenters. The first-order valence-corrected chi connectivity index (χ1v) is 8.12. The summed E-state index contributed by atoms with van der Waals surface area (Å²) >= 11 is 0. The van der Waals surface area contributed by atoms with E-state index in [0.29, 0.717) is 12.4 Å². The largest absolute Gasteiger partial charge is 0.416 e. The van der Waals surface area contributed by atoms with Crippen molar-refractivity contribution in [3.63, 3.8) is 0 Å². The third-order valence-electron chi connectivity index (χ3n) is 4.55. The highest BCUT2D eigenvalue weighted by Gasteiger charge is 2.45. The van der Waals surface area contributed by atoms with Gasteiger partial charge in [0.1, 0.15) is 6.42 Å². The maximum atomic E-state index is 12.7.